The standard InChI is InChI=1S/C40H77NO5/c1-3-5-7-9-11-13-15-16-17-18-19-20-21-22-23-25-27-29-31-33-35-46-40(45)37(36-39(43)44)41-38(42)34-32-30-28-26-24-14-12-10-8-6-4-2/h37H,3-36H2,1-2H3,(H,41,42)(H,43,44)/t37-/m0/s1. The summed E-state index contributed by atoms with van der Waals surface area (Å²) in [7, 11) is 0. The SMILES string of the molecule is CCCCCCCCCCCCCCCCCCCCCCOC(=O)[C@H](CC(=O)O)NC(=O)CCCCCCCCCCCCC. The lowest BCUT2D eigenvalue weighted by Crippen LogP contribution is -2.43. The summed E-state index contributed by atoms with van der Waals surface area (Å²) in [6, 6.07) is -1.11. The number of esters is 1. The summed E-state index contributed by atoms with van der Waals surface area (Å²) in [5, 5.41) is 11.8. The van der Waals surface area contributed by atoms with Crippen LogP contribution in [0.5, 0.6) is 0 Å². The molecule has 272 valence electrons. The summed E-state index contributed by atoms with van der Waals surface area (Å²) in [6.45, 7) is 4.80. The van der Waals surface area contributed by atoms with Crippen LogP contribution < -0.4 is 5.32 Å². The lowest BCUT2D eigenvalue weighted by atomic mass is 10.0. The van der Waals surface area contributed by atoms with Gasteiger partial charge in [-0.1, -0.05) is 200 Å². The highest BCUT2D eigenvalue weighted by atomic mass is 16.5. The number of hydrogen-bond donors (Lipinski definition) is 2. The highest BCUT2D eigenvalue weighted by Crippen LogP contribution is 2.15. The fourth-order valence-electron chi connectivity index (χ4n) is 6.21. The third-order valence-electron chi connectivity index (χ3n) is 9.25. The molecule has 0 spiro atoms. The Hall–Kier alpha value is -1.59. The van der Waals surface area contributed by atoms with Gasteiger partial charge in [-0.15, -0.1) is 0 Å². The van der Waals surface area contributed by atoms with Gasteiger partial charge in [0.1, 0.15) is 6.04 Å². The van der Waals surface area contributed by atoms with Crippen molar-refractivity contribution in [3.8, 4) is 0 Å². The Bertz CT molecular complexity index is 683. The molecule has 0 aromatic rings. The molecule has 0 saturated heterocycles. The smallest absolute Gasteiger partial charge is 0.329 e. The molecule has 0 radical (unpaired) electrons. The highest BCUT2D eigenvalue weighted by Gasteiger charge is 2.25. The number of ether oxygens (including phenoxy) is 1. The minimum absolute atomic E-state index is 0.266. The second-order valence-corrected chi connectivity index (χ2v) is 13.9. The van der Waals surface area contributed by atoms with Crippen LogP contribution in [0.2, 0.25) is 0 Å². The molecule has 0 unspecified atom stereocenters. The van der Waals surface area contributed by atoms with Gasteiger partial charge in [0.15, 0.2) is 0 Å². The van der Waals surface area contributed by atoms with Crippen LogP contribution in [0.4, 0.5) is 0 Å². The van der Waals surface area contributed by atoms with Crippen molar-refractivity contribution in [1.82, 2.24) is 5.32 Å². The zero-order valence-corrected chi connectivity index (χ0v) is 30.7. The lowest BCUT2D eigenvalue weighted by molar-refractivity contribution is -0.151. The van der Waals surface area contributed by atoms with Crippen LogP contribution in [0.1, 0.15) is 226 Å². The van der Waals surface area contributed by atoms with E-state index in [0.29, 0.717) is 6.42 Å². The molecule has 1 amide bonds. The molecule has 2 N–H and O–H groups in total. The largest absolute Gasteiger partial charge is 0.481 e. The Kier molecular flexibility index (Phi) is 35.0. The van der Waals surface area contributed by atoms with E-state index in [-0.39, 0.29) is 12.5 Å². The summed E-state index contributed by atoms with van der Waals surface area (Å²) >= 11 is 0. The van der Waals surface area contributed by atoms with Crippen LogP contribution in [0.15, 0.2) is 0 Å². The molecule has 0 aromatic heterocycles. The fraction of sp³-hybridized carbons (Fsp3) is 0.925. The molecule has 1 atom stereocenters. The monoisotopic (exact) mass is 652 g/mol. The molecule has 0 saturated carbocycles. The van der Waals surface area contributed by atoms with E-state index in [1.807, 2.05) is 0 Å². The van der Waals surface area contributed by atoms with Gasteiger partial charge in [-0.2, -0.15) is 0 Å². The number of carbonyl (C=O) groups excluding carboxylic acids is 2. The fourth-order valence-corrected chi connectivity index (χ4v) is 6.21. The van der Waals surface area contributed by atoms with E-state index in [4.69, 9.17) is 4.74 Å². The molecule has 6 nitrogen and oxygen atoms in total. The molecule has 0 aliphatic rings. The van der Waals surface area contributed by atoms with Crippen molar-refractivity contribution >= 4 is 17.8 Å². The first-order valence-corrected chi connectivity index (χ1v) is 20.2. The van der Waals surface area contributed by atoms with Crippen LogP contribution in [0, 0.1) is 0 Å². The minimum atomic E-state index is -1.12. The molecular formula is C40H77NO5. The van der Waals surface area contributed by atoms with Crippen molar-refractivity contribution in [3.63, 3.8) is 0 Å². The first-order valence-electron chi connectivity index (χ1n) is 20.2. The molecule has 0 rings (SSSR count). The van der Waals surface area contributed by atoms with Crippen LogP contribution in [-0.4, -0.2) is 35.6 Å². The van der Waals surface area contributed by atoms with Gasteiger partial charge in [0.2, 0.25) is 5.91 Å². The Morgan fingerprint density at radius 1 is 0.478 bits per heavy atom. The highest BCUT2D eigenvalue weighted by molar-refractivity contribution is 5.87. The summed E-state index contributed by atoms with van der Waals surface area (Å²) in [6.07, 6.45) is 39.4. The quantitative estimate of drug-likeness (QED) is 0.0515. The number of hydrogen-bond acceptors (Lipinski definition) is 4. The normalized spacial score (nSPS) is 11.9. The summed E-state index contributed by atoms with van der Waals surface area (Å²) in [5.41, 5.74) is 0. The number of carbonyl (C=O) groups is 3. The van der Waals surface area contributed by atoms with E-state index < -0.39 is 24.4 Å². The van der Waals surface area contributed by atoms with Crippen LogP contribution in [-0.2, 0) is 19.1 Å². The molecule has 0 aliphatic carbocycles. The topological polar surface area (TPSA) is 92.7 Å². The molecule has 0 aromatic carbocycles. The molecule has 0 fully saturated rings. The molecule has 0 heterocycles. The van der Waals surface area contributed by atoms with Crippen LogP contribution >= 0.6 is 0 Å². The predicted molar refractivity (Wildman–Crippen MR) is 194 cm³/mol. The number of rotatable bonds is 37. The zero-order valence-electron chi connectivity index (χ0n) is 30.7. The van der Waals surface area contributed by atoms with Crippen molar-refractivity contribution < 1.29 is 24.2 Å². The van der Waals surface area contributed by atoms with E-state index >= 15 is 0 Å². The molecule has 0 bridgehead atoms. The van der Waals surface area contributed by atoms with E-state index in [9.17, 15) is 19.5 Å². The Balaban J connectivity index is 3.66. The van der Waals surface area contributed by atoms with Gasteiger partial charge in [0.25, 0.3) is 0 Å². The molecule has 6 heteroatoms. The van der Waals surface area contributed by atoms with E-state index in [1.54, 1.807) is 0 Å². The van der Waals surface area contributed by atoms with Gasteiger partial charge in [0, 0.05) is 6.42 Å². The van der Waals surface area contributed by atoms with Crippen molar-refractivity contribution in [2.75, 3.05) is 6.61 Å². The second-order valence-electron chi connectivity index (χ2n) is 13.9. The summed E-state index contributed by atoms with van der Waals surface area (Å²) in [4.78, 5) is 36.1. The average Bonchev–Trinajstić information content (AvgIpc) is 3.03. The third kappa shape index (κ3) is 33.8. The first kappa shape index (κ1) is 44.4. The van der Waals surface area contributed by atoms with Gasteiger partial charge in [0.05, 0.1) is 13.0 Å². The van der Waals surface area contributed by atoms with Crippen molar-refractivity contribution in [2.45, 2.75) is 232 Å². The van der Waals surface area contributed by atoms with E-state index in [1.165, 1.54) is 161 Å². The average molecular weight is 652 g/mol. The van der Waals surface area contributed by atoms with Crippen molar-refractivity contribution in [3.05, 3.63) is 0 Å². The molecular weight excluding hydrogens is 574 g/mol. The number of amides is 1. The minimum Gasteiger partial charge on any atom is -0.481 e. The Morgan fingerprint density at radius 2 is 0.783 bits per heavy atom. The van der Waals surface area contributed by atoms with E-state index in [0.717, 1.165) is 38.5 Å². The van der Waals surface area contributed by atoms with Gasteiger partial charge >= 0.3 is 11.9 Å². The number of nitrogens with one attached hydrogen (secondary N) is 1. The lowest BCUT2D eigenvalue weighted by Gasteiger charge is -2.16. The van der Waals surface area contributed by atoms with Gasteiger partial charge in [-0.05, 0) is 12.8 Å². The van der Waals surface area contributed by atoms with Gasteiger partial charge in [-0.25, -0.2) is 4.79 Å². The van der Waals surface area contributed by atoms with Gasteiger partial charge in [-0.3, -0.25) is 9.59 Å². The Morgan fingerprint density at radius 3 is 1.11 bits per heavy atom. The zero-order chi connectivity index (χ0) is 33.8. The van der Waals surface area contributed by atoms with Crippen LogP contribution in [0.3, 0.4) is 0 Å². The third-order valence-corrected chi connectivity index (χ3v) is 9.25. The predicted octanol–water partition coefficient (Wildman–Crippen LogP) is 12.0. The molecule has 0 aliphatic heterocycles. The Labute approximate surface area is 285 Å². The summed E-state index contributed by atoms with van der Waals surface area (Å²) in [5.74, 6) is -2.01. The summed E-state index contributed by atoms with van der Waals surface area (Å²) < 4.78 is 5.34. The first-order chi connectivity index (χ1) is 22.5. The second kappa shape index (κ2) is 36.2. The van der Waals surface area contributed by atoms with E-state index in [2.05, 4.69) is 19.2 Å². The number of carboxylic acids is 1. The maximum absolute atomic E-state index is 12.5. The number of carboxylic acid groups (broad SMARTS) is 1. The maximum Gasteiger partial charge on any atom is 0.329 e. The maximum atomic E-state index is 12.5. The number of aliphatic carboxylic acids is 1. The van der Waals surface area contributed by atoms with Crippen molar-refractivity contribution in [2.24, 2.45) is 0 Å². The molecule has 46 heavy (non-hydrogen) atoms. The van der Waals surface area contributed by atoms with Crippen molar-refractivity contribution in [1.29, 1.82) is 0 Å². The number of unbranched alkanes of at least 4 members (excludes halogenated alkanes) is 29. The van der Waals surface area contributed by atoms with Gasteiger partial charge < -0.3 is 15.2 Å². The van der Waals surface area contributed by atoms with Crippen LogP contribution in [0.25, 0.3) is 0 Å².